The Morgan fingerprint density at radius 3 is 2.70 bits per heavy atom. The zero-order valence-corrected chi connectivity index (χ0v) is 15.4. The molecular weight excluding hydrogens is 366 g/mol. The molecule has 27 heavy (non-hydrogen) atoms. The second-order valence-corrected chi connectivity index (χ2v) is 6.43. The summed E-state index contributed by atoms with van der Waals surface area (Å²) in [6.45, 7) is 1.62. The number of imide groups is 1. The quantitative estimate of drug-likeness (QED) is 0.613. The van der Waals surface area contributed by atoms with E-state index in [2.05, 4.69) is 10.6 Å². The van der Waals surface area contributed by atoms with E-state index in [4.69, 9.17) is 11.6 Å². The second kappa shape index (κ2) is 8.05. The lowest BCUT2D eigenvalue weighted by molar-refractivity contribution is -0.127. The standard InChI is InChI=1S/C20H18ClN3O3/c1-2-14-7-3-4-9-16(14)22-18(25)12-24-19(26)17(23-20(24)27)11-13-6-5-8-15(21)10-13/h3-11H,2,12H2,1H3,(H,22,25)(H,23,27)/b17-11+. The zero-order chi connectivity index (χ0) is 19.4. The van der Waals surface area contributed by atoms with Gasteiger partial charge >= 0.3 is 6.03 Å². The molecule has 1 fully saturated rings. The van der Waals surface area contributed by atoms with E-state index in [-0.39, 0.29) is 12.2 Å². The van der Waals surface area contributed by atoms with E-state index in [9.17, 15) is 14.4 Å². The summed E-state index contributed by atoms with van der Waals surface area (Å²) in [5.74, 6) is -0.998. The molecule has 1 heterocycles. The van der Waals surface area contributed by atoms with Gasteiger partial charge in [0.2, 0.25) is 5.91 Å². The van der Waals surface area contributed by atoms with E-state index in [0.717, 1.165) is 16.9 Å². The molecule has 6 nitrogen and oxygen atoms in total. The molecule has 7 heteroatoms. The number of amides is 4. The second-order valence-electron chi connectivity index (χ2n) is 5.99. The van der Waals surface area contributed by atoms with Gasteiger partial charge in [-0.25, -0.2) is 9.69 Å². The van der Waals surface area contributed by atoms with Gasteiger partial charge < -0.3 is 10.6 Å². The van der Waals surface area contributed by atoms with E-state index in [1.165, 1.54) is 6.08 Å². The smallest absolute Gasteiger partial charge is 0.324 e. The van der Waals surface area contributed by atoms with Gasteiger partial charge in [-0.05, 0) is 41.8 Å². The van der Waals surface area contributed by atoms with Gasteiger partial charge in [0.25, 0.3) is 5.91 Å². The molecule has 2 N–H and O–H groups in total. The number of aryl methyl sites for hydroxylation is 1. The van der Waals surface area contributed by atoms with Crippen LogP contribution in [-0.2, 0) is 16.0 Å². The Labute approximate surface area is 161 Å². The summed E-state index contributed by atoms with van der Waals surface area (Å²) >= 11 is 5.93. The lowest BCUT2D eigenvalue weighted by Gasteiger charge is -2.13. The molecule has 0 unspecified atom stereocenters. The number of rotatable bonds is 5. The molecule has 0 spiro atoms. The number of hydrogen-bond donors (Lipinski definition) is 2. The van der Waals surface area contributed by atoms with Gasteiger partial charge in [0.15, 0.2) is 0 Å². The summed E-state index contributed by atoms with van der Waals surface area (Å²) in [5, 5.41) is 5.76. The van der Waals surface area contributed by atoms with Crippen LogP contribution in [0.1, 0.15) is 18.1 Å². The number of nitrogens with zero attached hydrogens (tertiary/aromatic N) is 1. The first kappa shape index (κ1) is 18.7. The van der Waals surface area contributed by atoms with Crippen LogP contribution in [0.4, 0.5) is 10.5 Å². The Morgan fingerprint density at radius 1 is 1.19 bits per heavy atom. The average Bonchev–Trinajstić information content (AvgIpc) is 2.89. The fraction of sp³-hybridized carbons (Fsp3) is 0.150. The minimum atomic E-state index is -0.632. The number of urea groups is 1. The van der Waals surface area contributed by atoms with Crippen LogP contribution in [0.15, 0.2) is 54.2 Å². The highest BCUT2D eigenvalue weighted by molar-refractivity contribution is 6.30. The first-order valence-electron chi connectivity index (χ1n) is 8.46. The van der Waals surface area contributed by atoms with Crippen LogP contribution in [0.25, 0.3) is 6.08 Å². The first-order valence-corrected chi connectivity index (χ1v) is 8.83. The van der Waals surface area contributed by atoms with Crippen molar-refractivity contribution < 1.29 is 14.4 Å². The van der Waals surface area contributed by atoms with Crippen LogP contribution in [0.2, 0.25) is 5.02 Å². The number of hydrogen-bond acceptors (Lipinski definition) is 3. The topological polar surface area (TPSA) is 78.5 Å². The highest BCUT2D eigenvalue weighted by Crippen LogP contribution is 2.18. The number of carbonyl (C=O) groups is 3. The Hall–Kier alpha value is -3.12. The molecule has 0 saturated carbocycles. The van der Waals surface area contributed by atoms with Crippen molar-refractivity contribution in [1.29, 1.82) is 0 Å². The summed E-state index contributed by atoms with van der Waals surface area (Å²) in [4.78, 5) is 37.8. The number of carbonyl (C=O) groups excluding carboxylic acids is 3. The van der Waals surface area contributed by atoms with Crippen LogP contribution >= 0.6 is 11.6 Å². The van der Waals surface area contributed by atoms with Crippen LogP contribution in [0.5, 0.6) is 0 Å². The largest absolute Gasteiger partial charge is 0.329 e. The Morgan fingerprint density at radius 2 is 1.96 bits per heavy atom. The lowest BCUT2D eigenvalue weighted by atomic mass is 10.1. The predicted octanol–water partition coefficient (Wildman–Crippen LogP) is 3.43. The van der Waals surface area contributed by atoms with Gasteiger partial charge in [-0.3, -0.25) is 9.59 Å². The third kappa shape index (κ3) is 4.35. The number of anilines is 1. The fourth-order valence-corrected chi connectivity index (χ4v) is 2.96. The van der Waals surface area contributed by atoms with Crippen molar-refractivity contribution in [1.82, 2.24) is 10.2 Å². The maximum absolute atomic E-state index is 12.5. The Kier molecular flexibility index (Phi) is 5.57. The zero-order valence-electron chi connectivity index (χ0n) is 14.7. The molecule has 3 rings (SSSR count). The molecule has 0 aliphatic carbocycles. The van der Waals surface area contributed by atoms with E-state index in [1.807, 2.05) is 25.1 Å². The molecule has 1 aliphatic rings. The SMILES string of the molecule is CCc1ccccc1NC(=O)CN1C(=O)N/C(=C/c2cccc(Cl)c2)C1=O. The lowest BCUT2D eigenvalue weighted by Crippen LogP contribution is -2.38. The minimum absolute atomic E-state index is 0.101. The summed E-state index contributed by atoms with van der Waals surface area (Å²) < 4.78 is 0. The van der Waals surface area contributed by atoms with Crippen molar-refractivity contribution in [3.8, 4) is 0 Å². The number of benzene rings is 2. The van der Waals surface area contributed by atoms with Crippen molar-refractivity contribution in [3.05, 3.63) is 70.4 Å². The third-order valence-corrected chi connectivity index (χ3v) is 4.33. The predicted molar refractivity (Wildman–Crippen MR) is 104 cm³/mol. The van der Waals surface area contributed by atoms with Crippen LogP contribution in [0, 0.1) is 0 Å². The van der Waals surface area contributed by atoms with Gasteiger partial charge in [0.05, 0.1) is 0 Å². The van der Waals surface area contributed by atoms with E-state index in [0.29, 0.717) is 16.3 Å². The van der Waals surface area contributed by atoms with E-state index >= 15 is 0 Å². The normalized spacial score (nSPS) is 15.2. The third-order valence-electron chi connectivity index (χ3n) is 4.10. The molecule has 0 radical (unpaired) electrons. The molecule has 2 aromatic rings. The summed E-state index contributed by atoms with van der Waals surface area (Å²) in [6, 6.07) is 13.7. The van der Waals surface area contributed by atoms with Gasteiger partial charge in [0, 0.05) is 10.7 Å². The van der Waals surface area contributed by atoms with Crippen molar-refractivity contribution in [2.24, 2.45) is 0 Å². The summed E-state index contributed by atoms with van der Waals surface area (Å²) in [6.07, 6.45) is 2.28. The van der Waals surface area contributed by atoms with E-state index < -0.39 is 17.8 Å². The molecular formula is C20H18ClN3O3. The molecule has 4 amide bonds. The Balaban J connectivity index is 1.71. The van der Waals surface area contributed by atoms with Crippen LogP contribution < -0.4 is 10.6 Å². The Bertz CT molecular complexity index is 940. The molecule has 1 saturated heterocycles. The van der Waals surface area contributed by atoms with Gasteiger partial charge in [-0.15, -0.1) is 0 Å². The molecule has 1 aliphatic heterocycles. The summed E-state index contributed by atoms with van der Waals surface area (Å²) in [5.41, 5.74) is 2.43. The molecule has 0 bridgehead atoms. The van der Waals surface area contributed by atoms with Crippen LogP contribution in [0.3, 0.4) is 0 Å². The molecule has 0 aromatic heterocycles. The number of halogens is 1. The van der Waals surface area contributed by atoms with Crippen molar-refractivity contribution in [3.63, 3.8) is 0 Å². The maximum atomic E-state index is 12.5. The van der Waals surface area contributed by atoms with Gasteiger partial charge in [-0.1, -0.05) is 48.9 Å². The van der Waals surface area contributed by atoms with Gasteiger partial charge in [0.1, 0.15) is 12.2 Å². The molecule has 0 atom stereocenters. The highest BCUT2D eigenvalue weighted by Gasteiger charge is 2.34. The summed E-state index contributed by atoms with van der Waals surface area (Å²) in [7, 11) is 0. The number of para-hydroxylation sites is 1. The van der Waals surface area contributed by atoms with Crippen molar-refractivity contribution in [2.45, 2.75) is 13.3 Å². The van der Waals surface area contributed by atoms with Gasteiger partial charge in [-0.2, -0.15) is 0 Å². The average molecular weight is 384 g/mol. The molecule has 138 valence electrons. The van der Waals surface area contributed by atoms with Crippen molar-refractivity contribution in [2.75, 3.05) is 11.9 Å². The van der Waals surface area contributed by atoms with Crippen LogP contribution in [-0.4, -0.2) is 29.3 Å². The maximum Gasteiger partial charge on any atom is 0.329 e. The monoisotopic (exact) mass is 383 g/mol. The first-order chi connectivity index (χ1) is 13.0. The van der Waals surface area contributed by atoms with E-state index in [1.54, 1.807) is 30.3 Å². The molecule has 2 aromatic carbocycles. The minimum Gasteiger partial charge on any atom is -0.324 e. The fourth-order valence-electron chi connectivity index (χ4n) is 2.76. The highest BCUT2D eigenvalue weighted by atomic mass is 35.5. The number of nitrogens with one attached hydrogen (secondary N) is 2. The van der Waals surface area contributed by atoms with Crippen molar-refractivity contribution >= 4 is 41.2 Å².